The first-order chi connectivity index (χ1) is 11.4. The lowest BCUT2D eigenvalue weighted by Crippen LogP contribution is -2.39. The molecule has 1 aromatic rings. The van der Waals surface area contributed by atoms with E-state index in [4.69, 9.17) is 5.73 Å². The van der Waals surface area contributed by atoms with Crippen molar-refractivity contribution in [2.75, 3.05) is 31.5 Å². The van der Waals surface area contributed by atoms with Crippen molar-refractivity contribution in [2.45, 2.75) is 33.7 Å². The second-order valence-corrected chi connectivity index (χ2v) is 6.12. The van der Waals surface area contributed by atoms with Gasteiger partial charge in [0.1, 0.15) is 0 Å². The maximum Gasteiger partial charge on any atom is 0.251 e. The molecule has 0 saturated heterocycles. The zero-order valence-electron chi connectivity index (χ0n) is 16.0. The number of rotatable bonds is 9. The van der Waals surface area contributed by atoms with E-state index in [1.165, 1.54) is 0 Å². The van der Waals surface area contributed by atoms with Gasteiger partial charge in [-0.25, -0.2) is 0 Å². The van der Waals surface area contributed by atoms with E-state index < -0.39 is 6.04 Å². The van der Waals surface area contributed by atoms with Crippen LogP contribution in [0.3, 0.4) is 0 Å². The maximum atomic E-state index is 12.1. The monoisotopic (exact) mass is 406 g/mol. The van der Waals surface area contributed by atoms with Gasteiger partial charge in [0.2, 0.25) is 5.91 Å². The van der Waals surface area contributed by atoms with Crippen molar-refractivity contribution in [1.82, 2.24) is 10.2 Å². The number of benzene rings is 1. The van der Waals surface area contributed by atoms with Crippen LogP contribution in [0.15, 0.2) is 24.3 Å². The first kappa shape index (κ1) is 26.9. The number of halogens is 2. The summed E-state index contributed by atoms with van der Waals surface area (Å²) in [5.41, 5.74) is 7.01. The van der Waals surface area contributed by atoms with Crippen LogP contribution in [-0.2, 0) is 4.79 Å². The van der Waals surface area contributed by atoms with Gasteiger partial charge in [-0.1, -0.05) is 27.7 Å². The number of amides is 2. The molecular weight excluding hydrogens is 375 g/mol. The van der Waals surface area contributed by atoms with Gasteiger partial charge in [0.15, 0.2) is 0 Å². The summed E-state index contributed by atoms with van der Waals surface area (Å²) in [6, 6.07) is 6.27. The highest BCUT2D eigenvalue weighted by Crippen LogP contribution is 2.11. The third kappa shape index (κ3) is 8.85. The number of carbonyl (C=O) groups is 2. The molecule has 0 saturated carbocycles. The van der Waals surface area contributed by atoms with E-state index in [0.29, 0.717) is 17.8 Å². The molecule has 0 bridgehead atoms. The van der Waals surface area contributed by atoms with Crippen molar-refractivity contribution >= 4 is 42.3 Å². The molecule has 150 valence electrons. The van der Waals surface area contributed by atoms with Crippen molar-refractivity contribution in [3.63, 3.8) is 0 Å². The molecule has 0 aromatic heterocycles. The standard InChI is InChI=1S/C18H30N4O2.2ClH/c1-5-22(6-2)12-11-20-17(23)14-7-9-15(10-8-14)21-18(24)16(19)13(3)4;;/h7-10,13,16H,5-6,11-12,19H2,1-4H3,(H,20,23)(H,21,24);2*1H/t16-;;/m0../s1. The Morgan fingerprint density at radius 3 is 2.08 bits per heavy atom. The van der Waals surface area contributed by atoms with Gasteiger partial charge in [0.25, 0.3) is 5.91 Å². The SMILES string of the molecule is CCN(CC)CCNC(=O)c1ccc(NC(=O)[C@@H](N)C(C)C)cc1.Cl.Cl. The van der Waals surface area contributed by atoms with Crippen LogP contribution in [0.2, 0.25) is 0 Å². The van der Waals surface area contributed by atoms with Crippen LogP contribution in [0, 0.1) is 5.92 Å². The zero-order chi connectivity index (χ0) is 18.1. The van der Waals surface area contributed by atoms with Crippen LogP contribution < -0.4 is 16.4 Å². The minimum atomic E-state index is -0.548. The van der Waals surface area contributed by atoms with E-state index in [-0.39, 0.29) is 42.5 Å². The summed E-state index contributed by atoms with van der Waals surface area (Å²) in [4.78, 5) is 26.3. The van der Waals surface area contributed by atoms with Gasteiger partial charge in [0.05, 0.1) is 6.04 Å². The van der Waals surface area contributed by atoms with Gasteiger partial charge < -0.3 is 21.3 Å². The molecule has 26 heavy (non-hydrogen) atoms. The molecular formula is C18H32Cl2N4O2. The molecule has 1 aromatic carbocycles. The minimum Gasteiger partial charge on any atom is -0.351 e. The second kappa shape index (κ2) is 13.8. The highest BCUT2D eigenvalue weighted by atomic mass is 35.5. The molecule has 0 radical (unpaired) electrons. The number of nitrogens with one attached hydrogen (secondary N) is 2. The van der Waals surface area contributed by atoms with Crippen molar-refractivity contribution in [3.05, 3.63) is 29.8 Å². The normalized spacial score (nSPS) is 11.3. The summed E-state index contributed by atoms with van der Waals surface area (Å²) in [7, 11) is 0. The summed E-state index contributed by atoms with van der Waals surface area (Å²) in [6.45, 7) is 11.4. The third-order valence-electron chi connectivity index (χ3n) is 4.04. The van der Waals surface area contributed by atoms with E-state index in [2.05, 4.69) is 29.4 Å². The number of carbonyl (C=O) groups excluding carboxylic acids is 2. The molecule has 0 spiro atoms. The molecule has 1 rings (SSSR count). The number of nitrogens with two attached hydrogens (primary N) is 1. The predicted octanol–water partition coefficient (Wildman–Crippen LogP) is 2.52. The Labute approximate surface area is 169 Å². The van der Waals surface area contributed by atoms with Crippen LogP contribution in [0.1, 0.15) is 38.1 Å². The average molecular weight is 407 g/mol. The fourth-order valence-corrected chi connectivity index (χ4v) is 2.20. The lowest BCUT2D eigenvalue weighted by atomic mass is 10.0. The van der Waals surface area contributed by atoms with E-state index in [1.807, 2.05) is 13.8 Å². The third-order valence-corrected chi connectivity index (χ3v) is 4.04. The Morgan fingerprint density at radius 1 is 1.08 bits per heavy atom. The number of anilines is 1. The van der Waals surface area contributed by atoms with Crippen LogP contribution in [0.5, 0.6) is 0 Å². The predicted molar refractivity (Wildman–Crippen MR) is 113 cm³/mol. The molecule has 0 unspecified atom stereocenters. The van der Waals surface area contributed by atoms with Crippen molar-refractivity contribution in [3.8, 4) is 0 Å². The quantitative estimate of drug-likeness (QED) is 0.587. The summed E-state index contributed by atoms with van der Waals surface area (Å²) in [6.07, 6.45) is 0. The fourth-order valence-electron chi connectivity index (χ4n) is 2.20. The van der Waals surface area contributed by atoms with Crippen molar-refractivity contribution in [2.24, 2.45) is 11.7 Å². The fraction of sp³-hybridized carbons (Fsp3) is 0.556. The molecule has 6 nitrogen and oxygen atoms in total. The van der Waals surface area contributed by atoms with Crippen LogP contribution >= 0.6 is 24.8 Å². The Morgan fingerprint density at radius 2 is 1.62 bits per heavy atom. The van der Waals surface area contributed by atoms with E-state index in [0.717, 1.165) is 19.6 Å². The molecule has 8 heteroatoms. The largest absolute Gasteiger partial charge is 0.351 e. The zero-order valence-corrected chi connectivity index (χ0v) is 17.6. The van der Waals surface area contributed by atoms with Crippen LogP contribution in [0.4, 0.5) is 5.69 Å². The van der Waals surface area contributed by atoms with E-state index >= 15 is 0 Å². The summed E-state index contributed by atoms with van der Waals surface area (Å²) in [5, 5.41) is 5.66. The smallest absolute Gasteiger partial charge is 0.251 e. The van der Waals surface area contributed by atoms with Gasteiger partial charge in [-0.2, -0.15) is 0 Å². The summed E-state index contributed by atoms with van der Waals surface area (Å²) < 4.78 is 0. The topological polar surface area (TPSA) is 87.5 Å². The van der Waals surface area contributed by atoms with Crippen molar-refractivity contribution < 1.29 is 9.59 Å². The molecule has 0 aliphatic carbocycles. The van der Waals surface area contributed by atoms with E-state index in [1.54, 1.807) is 24.3 Å². The highest BCUT2D eigenvalue weighted by molar-refractivity contribution is 5.97. The van der Waals surface area contributed by atoms with Gasteiger partial charge in [-0.3, -0.25) is 9.59 Å². The number of hydrogen-bond acceptors (Lipinski definition) is 4. The molecule has 4 N–H and O–H groups in total. The average Bonchev–Trinajstić information content (AvgIpc) is 2.58. The first-order valence-corrected chi connectivity index (χ1v) is 8.56. The second-order valence-electron chi connectivity index (χ2n) is 6.12. The Hall–Kier alpha value is -1.34. The maximum absolute atomic E-state index is 12.1. The molecule has 2 amide bonds. The number of nitrogens with zero attached hydrogens (tertiary/aromatic N) is 1. The lowest BCUT2D eigenvalue weighted by molar-refractivity contribution is -0.118. The molecule has 0 heterocycles. The van der Waals surface area contributed by atoms with Crippen LogP contribution in [0.25, 0.3) is 0 Å². The number of likely N-dealkylation sites (N-methyl/N-ethyl adjacent to an activating group) is 1. The summed E-state index contributed by atoms with van der Waals surface area (Å²) in [5.74, 6) is -0.263. The molecule has 0 fully saturated rings. The van der Waals surface area contributed by atoms with Gasteiger partial charge >= 0.3 is 0 Å². The highest BCUT2D eigenvalue weighted by Gasteiger charge is 2.17. The molecule has 0 aliphatic heterocycles. The van der Waals surface area contributed by atoms with Crippen LogP contribution in [-0.4, -0.2) is 48.9 Å². The minimum absolute atomic E-state index is 0. The van der Waals surface area contributed by atoms with Gasteiger partial charge in [-0.05, 0) is 43.3 Å². The van der Waals surface area contributed by atoms with E-state index in [9.17, 15) is 9.59 Å². The Balaban J connectivity index is 0. The molecule has 0 aliphatic rings. The number of hydrogen-bond donors (Lipinski definition) is 3. The summed E-state index contributed by atoms with van der Waals surface area (Å²) >= 11 is 0. The van der Waals surface area contributed by atoms with Crippen molar-refractivity contribution in [1.29, 1.82) is 0 Å². The first-order valence-electron chi connectivity index (χ1n) is 8.56. The Bertz CT molecular complexity index is 534. The lowest BCUT2D eigenvalue weighted by Gasteiger charge is -2.18. The Kier molecular flexibility index (Phi) is 14.3. The van der Waals surface area contributed by atoms with Gasteiger partial charge in [-0.15, -0.1) is 24.8 Å². The van der Waals surface area contributed by atoms with Gasteiger partial charge in [0, 0.05) is 24.3 Å². The molecule has 1 atom stereocenters.